The van der Waals surface area contributed by atoms with Crippen molar-refractivity contribution in [1.29, 1.82) is 0 Å². The third-order valence-corrected chi connectivity index (χ3v) is 3.85. The fourth-order valence-corrected chi connectivity index (χ4v) is 2.62. The third-order valence-electron chi connectivity index (χ3n) is 3.85. The van der Waals surface area contributed by atoms with Crippen LogP contribution in [0, 0.1) is 6.92 Å². The van der Waals surface area contributed by atoms with E-state index in [2.05, 4.69) is 31.3 Å². The Morgan fingerprint density at radius 1 is 1.14 bits per heavy atom. The number of aryl methyl sites for hydroxylation is 1. The highest BCUT2D eigenvalue weighted by atomic mass is 16.2. The first-order chi connectivity index (χ1) is 10.6. The van der Waals surface area contributed by atoms with Gasteiger partial charge in [-0.05, 0) is 48.1 Å². The van der Waals surface area contributed by atoms with E-state index in [1.165, 1.54) is 11.1 Å². The van der Waals surface area contributed by atoms with Gasteiger partial charge in [-0.1, -0.05) is 43.3 Å². The van der Waals surface area contributed by atoms with Gasteiger partial charge in [0.25, 0.3) is 0 Å². The van der Waals surface area contributed by atoms with Gasteiger partial charge in [0, 0.05) is 18.7 Å². The molecule has 2 aromatic carbocycles. The highest BCUT2D eigenvalue weighted by Gasteiger charge is 2.13. The predicted molar refractivity (Wildman–Crippen MR) is 90.1 cm³/mol. The van der Waals surface area contributed by atoms with Crippen molar-refractivity contribution in [3.63, 3.8) is 0 Å². The van der Waals surface area contributed by atoms with E-state index in [4.69, 9.17) is 5.11 Å². The summed E-state index contributed by atoms with van der Waals surface area (Å²) in [6.07, 6.45) is 1.10. The number of aliphatic hydroxyl groups is 1. The van der Waals surface area contributed by atoms with Crippen molar-refractivity contribution < 1.29 is 9.90 Å². The molecule has 0 radical (unpaired) electrons. The molecule has 0 aliphatic rings. The number of carbonyl (C=O) groups excluding carboxylic acids is 1. The number of nitrogens with one attached hydrogen (secondary N) is 1. The number of aliphatic hydroxyl groups excluding tert-OH is 1. The van der Waals surface area contributed by atoms with Crippen molar-refractivity contribution in [3.05, 3.63) is 65.2 Å². The molecule has 2 N–H and O–H groups in total. The number of hydrogen-bond acceptors (Lipinski definition) is 2. The van der Waals surface area contributed by atoms with Crippen molar-refractivity contribution in [2.75, 3.05) is 11.9 Å². The van der Waals surface area contributed by atoms with Gasteiger partial charge in [-0.2, -0.15) is 0 Å². The molecule has 0 fully saturated rings. The van der Waals surface area contributed by atoms with E-state index in [0.717, 1.165) is 11.3 Å². The van der Waals surface area contributed by atoms with E-state index in [1.807, 2.05) is 36.4 Å². The lowest BCUT2D eigenvalue weighted by atomic mass is 9.93. The van der Waals surface area contributed by atoms with E-state index in [-0.39, 0.29) is 18.4 Å². The summed E-state index contributed by atoms with van der Waals surface area (Å²) >= 11 is 0. The average molecular weight is 297 g/mol. The summed E-state index contributed by atoms with van der Waals surface area (Å²) in [5, 5.41) is 11.8. The second-order valence-corrected chi connectivity index (χ2v) is 5.68. The van der Waals surface area contributed by atoms with Gasteiger partial charge in [0.1, 0.15) is 0 Å². The van der Waals surface area contributed by atoms with Gasteiger partial charge in [-0.25, -0.2) is 0 Å². The molecule has 2 aromatic rings. The van der Waals surface area contributed by atoms with E-state index in [1.54, 1.807) is 0 Å². The summed E-state index contributed by atoms with van der Waals surface area (Å²) < 4.78 is 0. The second-order valence-electron chi connectivity index (χ2n) is 5.68. The molecule has 0 heterocycles. The lowest BCUT2D eigenvalue weighted by Gasteiger charge is -2.14. The van der Waals surface area contributed by atoms with Gasteiger partial charge >= 0.3 is 0 Å². The number of amides is 1. The number of carbonyl (C=O) groups is 1. The molecule has 3 nitrogen and oxygen atoms in total. The molecule has 0 saturated heterocycles. The van der Waals surface area contributed by atoms with Gasteiger partial charge in [0.2, 0.25) is 5.91 Å². The minimum absolute atomic E-state index is 0.0191. The lowest BCUT2D eigenvalue weighted by molar-refractivity contribution is -0.116. The monoisotopic (exact) mass is 297 g/mol. The number of hydrogen-bond donors (Lipinski definition) is 2. The van der Waals surface area contributed by atoms with E-state index >= 15 is 0 Å². The summed E-state index contributed by atoms with van der Waals surface area (Å²) in [4.78, 5) is 12.2. The first kappa shape index (κ1) is 16.2. The standard InChI is InChI=1S/C19H23NO2/c1-14-5-3-4-6-18(14)15(2)13-19(22)20-17-9-7-16(8-10-17)11-12-21/h3-10,15,21H,11-13H2,1-2H3,(H,20,22). The van der Waals surface area contributed by atoms with Crippen molar-refractivity contribution in [2.24, 2.45) is 0 Å². The minimum Gasteiger partial charge on any atom is -0.396 e. The van der Waals surface area contributed by atoms with Crippen LogP contribution in [0.15, 0.2) is 48.5 Å². The second kappa shape index (κ2) is 7.76. The molecule has 2 rings (SSSR count). The van der Waals surface area contributed by atoms with Gasteiger partial charge in [-0.15, -0.1) is 0 Å². The fourth-order valence-electron chi connectivity index (χ4n) is 2.62. The van der Waals surface area contributed by atoms with E-state index in [9.17, 15) is 4.79 Å². The lowest BCUT2D eigenvalue weighted by Crippen LogP contribution is -2.14. The van der Waals surface area contributed by atoms with Crippen molar-refractivity contribution in [1.82, 2.24) is 0 Å². The molecule has 3 heteroatoms. The van der Waals surface area contributed by atoms with E-state index in [0.29, 0.717) is 12.8 Å². The van der Waals surface area contributed by atoms with Crippen molar-refractivity contribution in [2.45, 2.75) is 32.6 Å². The Morgan fingerprint density at radius 3 is 2.45 bits per heavy atom. The molecular formula is C19H23NO2. The van der Waals surface area contributed by atoms with Crippen LogP contribution in [0.3, 0.4) is 0 Å². The van der Waals surface area contributed by atoms with Crippen LogP contribution in [0.5, 0.6) is 0 Å². The Labute approximate surface area is 132 Å². The van der Waals surface area contributed by atoms with Crippen LogP contribution in [-0.2, 0) is 11.2 Å². The summed E-state index contributed by atoms with van der Waals surface area (Å²) in [7, 11) is 0. The molecule has 22 heavy (non-hydrogen) atoms. The predicted octanol–water partition coefficient (Wildman–Crippen LogP) is 3.66. The van der Waals surface area contributed by atoms with Crippen molar-refractivity contribution >= 4 is 11.6 Å². The summed E-state index contributed by atoms with van der Waals surface area (Å²) in [5.74, 6) is 0.209. The molecule has 0 bridgehead atoms. The SMILES string of the molecule is Cc1ccccc1C(C)CC(=O)Nc1ccc(CCO)cc1. The van der Waals surface area contributed by atoms with Gasteiger partial charge in [0.15, 0.2) is 0 Å². The summed E-state index contributed by atoms with van der Waals surface area (Å²) in [5.41, 5.74) is 4.30. The molecule has 0 spiro atoms. The first-order valence-electron chi connectivity index (χ1n) is 7.65. The molecule has 0 aromatic heterocycles. The van der Waals surface area contributed by atoms with Crippen molar-refractivity contribution in [3.8, 4) is 0 Å². The number of anilines is 1. The molecule has 1 unspecified atom stereocenters. The number of rotatable bonds is 6. The van der Waals surface area contributed by atoms with Crippen LogP contribution >= 0.6 is 0 Å². The van der Waals surface area contributed by atoms with Crippen LogP contribution in [0.25, 0.3) is 0 Å². The summed E-state index contributed by atoms with van der Waals surface area (Å²) in [6, 6.07) is 15.8. The van der Waals surface area contributed by atoms with Gasteiger partial charge in [-0.3, -0.25) is 4.79 Å². The van der Waals surface area contributed by atoms with Crippen LogP contribution in [0.2, 0.25) is 0 Å². The van der Waals surface area contributed by atoms with Crippen LogP contribution in [0.4, 0.5) is 5.69 Å². The van der Waals surface area contributed by atoms with E-state index < -0.39 is 0 Å². The fraction of sp³-hybridized carbons (Fsp3) is 0.316. The Morgan fingerprint density at radius 2 is 1.82 bits per heavy atom. The van der Waals surface area contributed by atoms with Gasteiger partial charge < -0.3 is 10.4 Å². The first-order valence-corrected chi connectivity index (χ1v) is 7.65. The van der Waals surface area contributed by atoms with Crippen LogP contribution in [-0.4, -0.2) is 17.6 Å². The normalized spacial score (nSPS) is 12.0. The van der Waals surface area contributed by atoms with Crippen LogP contribution < -0.4 is 5.32 Å². The topological polar surface area (TPSA) is 49.3 Å². The molecule has 0 saturated carbocycles. The quantitative estimate of drug-likeness (QED) is 0.855. The molecule has 0 aliphatic heterocycles. The highest BCUT2D eigenvalue weighted by molar-refractivity contribution is 5.91. The smallest absolute Gasteiger partial charge is 0.224 e. The molecular weight excluding hydrogens is 274 g/mol. The average Bonchev–Trinajstić information content (AvgIpc) is 2.50. The number of benzene rings is 2. The Bertz CT molecular complexity index is 620. The maximum absolute atomic E-state index is 12.2. The maximum Gasteiger partial charge on any atom is 0.224 e. The molecule has 116 valence electrons. The molecule has 1 amide bonds. The molecule has 0 aliphatic carbocycles. The van der Waals surface area contributed by atoms with Crippen LogP contribution in [0.1, 0.15) is 36.0 Å². The third kappa shape index (κ3) is 4.43. The Hall–Kier alpha value is -2.13. The zero-order valence-electron chi connectivity index (χ0n) is 13.2. The summed E-state index contributed by atoms with van der Waals surface area (Å²) in [6.45, 7) is 4.29. The maximum atomic E-state index is 12.2. The van der Waals surface area contributed by atoms with Gasteiger partial charge in [0.05, 0.1) is 0 Å². The zero-order valence-corrected chi connectivity index (χ0v) is 13.2. The zero-order chi connectivity index (χ0) is 15.9. The highest BCUT2D eigenvalue weighted by Crippen LogP contribution is 2.23. The minimum atomic E-state index is 0.0191. The Kier molecular flexibility index (Phi) is 5.73. The Balaban J connectivity index is 1.93. The largest absolute Gasteiger partial charge is 0.396 e. The molecule has 1 atom stereocenters.